The third-order valence-electron chi connectivity index (χ3n) is 3.19. The molecule has 15 heavy (non-hydrogen) atoms. The third kappa shape index (κ3) is 2.01. The van der Waals surface area contributed by atoms with Gasteiger partial charge < -0.3 is 5.11 Å². The lowest BCUT2D eigenvalue weighted by Gasteiger charge is -2.24. The largest absolute Gasteiger partial charge is 0.385 e. The second-order valence-electron chi connectivity index (χ2n) is 4.48. The first kappa shape index (κ1) is 11.3. The lowest BCUT2D eigenvalue weighted by Crippen LogP contribution is -2.22. The van der Waals surface area contributed by atoms with Crippen molar-refractivity contribution >= 4 is 23.2 Å². The Hall–Kier alpha value is -0.240. The Morgan fingerprint density at radius 2 is 2.13 bits per heavy atom. The van der Waals surface area contributed by atoms with Crippen LogP contribution in [-0.2, 0) is 5.60 Å². The number of hydrogen-bond acceptors (Lipinski definition) is 1. The van der Waals surface area contributed by atoms with Gasteiger partial charge in [-0.3, -0.25) is 0 Å². The molecular formula is C12H14Cl2O. The maximum absolute atomic E-state index is 10.5. The molecule has 3 heteroatoms. The Kier molecular flexibility index (Phi) is 2.98. The van der Waals surface area contributed by atoms with Gasteiger partial charge in [0.05, 0.1) is 15.6 Å². The fourth-order valence-electron chi connectivity index (χ4n) is 2.37. The molecule has 1 aliphatic rings. The molecule has 1 aromatic rings. The van der Waals surface area contributed by atoms with Crippen LogP contribution in [0, 0.1) is 5.92 Å². The minimum Gasteiger partial charge on any atom is -0.385 e. The van der Waals surface area contributed by atoms with Crippen molar-refractivity contribution in [3.8, 4) is 0 Å². The van der Waals surface area contributed by atoms with E-state index in [4.69, 9.17) is 23.2 Å². The minimum atomic E-state index is -0.776. The molecule has 1 fully saturated rings. The molecule has 0 bridgehead atoms. The van der Waals surface area contributed by atoms with Crippen LogP contribution in [0.4, 0.5) is 0 Å². The van der Waals surface area contributed by atoms with Crippen molar-refractivity contribution in [2.75, 3.05) is 0 Å². The van der Waals surface area contributed by atoms with Crippen LogP contribution in [0.1, 0.15) is 31.7 Å². The fraction of sp³-hybridized carbons (Fsp3) is 0.500. The van der Waals surface area contributed by atoms with Gasteiger partial charge in [-0.25, -0.2) is 0 Å². The van der Waals surface area contributed by atoms with Crippen molar-refractivity contribution in [3.05, 3.63) is 33.8 Å². The Balaban J connectivity index is 2.41. The second kappa shape index (κ2) is 3.97. The monoisotopic (exact) mass is 244 g/mol. The number of aliphatic hydroxyl groups is 1. The van der Waals surface area contributed by atoms with Gasteiger partial charge in [-0.1, -0.05) is 42.3 Å². The number of halogens is 2. The molecule has 0 saturated heterocycles. The highest BCUT2D eigenvalue weighted by atomic mass is 35.5. The molecular weight excluding hydrogens is 231 g/mol. The molecule has 0 aromatic heterocycles. The average Bonchev–Trinajstić information content (AvgIpc) is 2.52. The van der Waals surface area contributed by atoms with E-state index in [1.54, 1.807) is 6.07 Å². The van der Waals surface area contributed by atoms with Crippen LogP contribution in [0.15, 0.2) is 18.2 Å². The number of hydrogen-bond donors (Lipinski definition) is 1. The molecule has 0 spiro atoms. The minimum absolute atomic E-state index is 0.496. The van der Waals surface area contributed by atoms with Gasteiger partial charge in [0.25, 0.3) is 0 Å². The summed E-state index contributed by atoms with van der Waals surface area (Å²) in [6.07, 6.45) is 2.58. The van der Waals surface area contributed by atoms with Crippen LogP contribution >= 0.6 is 23.2 Å². The van der Waals surface area contributed by atoms with Crippen LogP contribution < -0.4 is 0 Å². The molecule has 1 aromatic carbocycles. The number of benzene rings is 1. The Bertz CT molecular complexity index is 378. The Morgan fingerprint density at radius 1 is 1.40 bits per heavy atom. The third-order valence-corrected chi connectivity index (χ3v) is 4.01. The van der Waals surface area contributed by atoms with E-state index in [0.29, 0.717) is 16.0 Å². The summed E-state index contributed by atoms with van der Waals surface area (Å²) < 4.78 is 0. The fourth-order valence-corrected chi connectivity index (χ4v) is 2.85. The van der Waals surface area contributed by atoms with Crippen LogP contribution in [0.2, 0.25) is 10.0 Å². The molecule has 0 aliphatic heterocycles. The first-order valence-corrected chi connectivity index (χ1v) is 5.95. The van der Waals surface area contributed by atoms with Gasteiger partial charge in [-0.2, -0.15) is 0 Å². The lowest BCUT2D eigenvalue weighted by molar-refractivity contribution is 0.0409. The molecule has 1 aliphatic carbocycles. The van der Waals surface area contributed by atoms with Crippen molar-refractivity contribution in [2.45, 2.75) is 31.8 Å². The van der Waals surface area contributed by atoms with E-state index in [1.807, 2.05) is 12.1 Å². The van der Waals surface area contributed by atoms with Crippen LogP contribution in [-0.4, -0.2) is 5.11 Å². The summed E-state index contributed by atoms with van der Waals surface area (Å²) in [7, 11) is 0. The smallest absolute Gasteiger partial charge is 0.0914 e. The second-order valence-corrected chi connectivity index (χ2v) is 5.27. The highest BCUT2D eigenvalue weighted by Crippen LogP contribution is 2.45. The molecule has 0 radical (unpaired) electrons. The van der Waals surface area contributed by atoms with Gasteiger partial charge in [0.15, 0.2) is 0 Å². The van der Waals surface area contributed by atoms with Gasteiger partial charge in [-0.15, -0.1) is 0 Å². The topological polar surface area (TPSA) is 20.2 Å². The van der Waals surface area contributed by atoms with E-state index >= 15 is 0 Å². The van der Waals surface area contributed by atoms with Gasteiger partial charge in [0, 0.05) is 5.56 Å². The maximum Gasteiger partial charge on any atom is 0.0914 e. The summed E-state index contributed by atoms with van der Waals surface area (Å²) in [4.78, 5) is 0. The van der Waals surface area contributed by atoms with E-state index in [2.05, 4.69) is 6.92 Å². The van der Waals surface area contributed by atoms with E-state index in [0.717, 1.165) is 24.8 Å². The molecule has 2 atom stereocenters. The van der Waals surface area contributed by atoms with Crippen molar-refractivity contribution in [3.63, 3.8) is 0 Å². The SMILES string of the molecule is CC1CCC(O)(c2cccc(Cl)c2Cl)C1. The molecule has 1 saturated carbocycles. The van der Waals surface area contributed by atoms with Crippen molar-refractivity contribution in [1.82, 2.24) is 0 Å². The first-order valence-electron chi connectivity index (χ1n) is 5.20. The summed E-state index contributed by atoms with van der Waals surface area (Å²) in [6, 6.07) is 5.45. The standard InChI is InChI=1S/C12H14Cl2O/c1-8-5-6-12(15,7-8)9-3-2-4-10(13)11(9)14/h2-4,8,15H,5-7H2,1H3. The Morgan fingerprint density at radius 3 is 2.73 bits per heavy atom. The van der Waals surface area contributed by atoms with Crippen molar-refractivity contribution < 1.29 is 5.11 Å². The predicted octanol–water partition coefficient (Wildman–Crippen LogP) is 4.00. The van der Waals surface area contributed by atoms with Gasteiger partial charge >= 0.3 is 0 Å². The highest BCUT2D eigenvalue weighted by molar-refractivity contribution is 6.42. The van der Waals surface area contributed by atoms with Gasteiger partial charge in [-0.05, 0) is 31.2 Å². The van der Waals surface area contributed by atoms with Crippen LogP contribution in [0.3, 0.4) is 0 Å². The zero-order valence-corrected chi connectivity index (χ0v) is 10.1. The predicted molar refractivity (Wildman–Crippen MR) is 63.4 cm³/mol. The average molecular weight is 245 g/mol. The molecule has 2 unspecified atom stereocenters. The summed E-state index contributed by atoms with van der Waals surface area (Å²) in [5.41, 5.74) is 0.00233. The molecule has 82 valence electrons. The summed E-state index contributed by atoms with van der Waals surface area (Å²) in [5, 5.41) is 11.5. The summed E-state index contributed by atoms with van der Waals surface area (Å²) >= 11 is 12.1. The Labute approximate surface area is 100 Å². The van der Waals surface area contributed by atoms with Gasteiger partial charge in [0.1, 0.15) is 0 Å². The van der Waals surface area contributed by atoms with E-state index < -0.39 is 5.60 Å². The molecule has 0 heterocycles. The van der Waals surface area contributed by atoms with Crippen molar-refractivity contribution in [1.29, 1.82) is 0 Å². The zero-order chi connectivity index (χ0) is 11.1. The molecule has 2 rings (SSSR count). The van der Waals surface area contributed by atoms with E-state index in [1.165, 1.54) is 0 Å². The molecule has 1 N–H and O–H groups in total. The van der Waals surface area contributed by atoms with Crippen molar-refractivity contribution in [2.24, 2.45) is 5.92 Å². The molecule has 0 amide bonds. The van der Waals surface area contributed by atoms with Gasteiger partial charge in [0.2, 0.25) is 0 Å². The first-order chi connectivity index (χ1) is 7.03. The molecule has 1 nitrogen and oxygen atoms in total. The van der Waals surface area contributed by atoms with Crippen LogP contribution in [0.25, 0.3) is 0 Å². The normalized spacial score (nSPS) is 30.8. The summed E-state index contributed by atoms with van der Waals surface area (Å²) in [5.74, 6) is 0.546. The highest BCUT2D eigenvalue weighted by Gasteiger charge is 2.38. The van der Waals surface area contributed by atoms with E-state index in [9.17, 15) is 5.11 Å². The zero-order valence-electron chi connectivity index (χ0n) is 8.63. The summed E-state index contributed by atoms with van der Waals surface area (Å²) in [6.45, 7) is 2.15. The van der Waals surface area contributed by atoms with Crippen LogP contribution in [0.5, 0.6) is 0 Å². The lowest BCUT2D eigenvalue weighted by atomic mass is 9.91. The quantitative estimate of drug-likeness (QED) is 0.792. The maximum atomic E-state index is 10.5. The van der Waals surface area contributed by atoms with E-state index in [-0.39, 0.29) is 0 Å². The number of rotatable bonds is 1.